The number of hydrogen-bond acceptors (Lipinski definition) is 3. The van der Waals surface area contributed by atoms with Crippen LogP contribution >= 0.6 is 23.4 Å². The third kappa shape index (κ3) is 4.38. The fourth-order valence-corrected chi connectivity index (χ4v) is 3.69. The minimum Gasteiger partial charge on any atom is -0.339 e. The molecule has 1 aliphatic heterocycles. The zero-order chi connectivity index (χ0) is 18.9. The standard InChI is InChI=1S/C15H15ClF4N2O2S/c1-21(2)14(24)25-12-9-4-6-22(13(23)15(18,19)20)5-3-8(9)11(17)7-10(12)16/h7H,3-6H2,1-2H3. The first kappa shape index (κ1) is 19.8. The summed E-state index contributed by atoms with van der Waals surface area (Å²) in [7, 11) is 3.07. The van der Waals surface area contributed by atoms with E-state index in [0.717, 1.165) is 17.8 Å². The molecule has 0 spiro atoms. The van der Waals surface area contributed by atoms with E-state index in [0.29, 0.717) is 15.4 Å². The number of alkyl halides is 3. The van der Waals surface area contributed by atoms with Gasteiger partial charge in [0.1, 0.15) is 5.82 Å². The van der Waals surface area contributed by atoms with Gasteiger partial charge in [-0.3, -0.25) is 9.59 Å². The normalized spacial score (nSPS) is 14.8. The van der Waals surface area contributed by atoms with Crippen molar-refractivity contribution < 1.29 is 27.2 Å². The molecule has 4 nitrogen and oxygen atoms in total. The number of thioether (sulfide) groups is 1. The predicted molar refractivity (Wildman–Crippen MR) is 86.4 cm³/mol. The molecule has 0 N–H and O–H groups in total. The number of rotatable bonds is 1. The van der Waals surface area contributed by atoms with Crippen LogP contribution in [0.25, 0.3) is 0 Å². The van der Waals surface area contributed by atoms with E-state index < -0.39 is 17.9 Å². The van der Waals surface area contributed by atoms with Gasteiger partial charge in [-0.2, -0.15) is 13.2 Å². The maximum atomic E-state index is 14.2. The van der Waals surface area contributed by atoms with Crippen LogP contribution in [-0.4, -0.2) is 54.3 Å². The van der Waals surface area contributed by atoms with E-state index >= 15 is 0 Å². The summed E-state index contributed by atoms with van der Waals surface area (Å²) in [4.78, 5) is 25.7. The number of hydrogen-bond donors (Lipinski definition) is 0. The average Bonchev–Trinajstić information content (AvgIpc) is 2.72. The van der Waals surface area contributed by atoms with Crippen molar-refractivity contribution in [1.29, 1.82) is 0 Å². The molecule has 0 atom stereocenters. The Morgan fingerprint density at radius 3 is 2.28 bits per heavy atom. The summed E-state index contributed by atoms with van der Waals surface area (Å²) in [5, 5.41) is -0.324. The van der Waals surface area contributed by atoms with E-state index in [2.05, 4.69) is 0 Å². The van der Waals surface area contributed by atoms with Crippen molar-refractivity contribution in [2.75, 3.05) is 27.2 Å². The van der Waals surface area contributed by atoms with Crippen LogP contribution in [0.4, 0.5) is 22.4 Å². The molecule has 0 saturated heterocycles. The Labute approximate surface area is 151 Å². The molecule has 0 aromatic heterocycles. The van der Waals surface area contributed by atoms with E-state index in [1.807, 2.05) is 0 Å². The fourth-order valence-electron chi connectivity index (χ4n) is 2.50. The maximum absolute atomic E-state index is 14.2. The van der Waals surface area contributed by atoms with E-state index in [1.165, 1.54) is 19.0 Å². The lowest BCUT2D eigenvalue weighted by Gasteiger charge is -2.21. The van der Waals surface area contributed by atoms with Gasteiger partial charge in [0.25, 0.3) is 5.24 Å². The summed E-state index contributed by atoms with van der Waals surface area (Å²) in [6, 6.07) is 1.05. The van der Waals surface area contributed by atoms with Gasteiger partial charge in [-0.05, 0) is 41.8 Å². The number of benzene rings is 1. The molecule has 0 unspecified atom stereocenters. The third-order valence-corrected chi connectivity index (χ3v) is 5.37. The lowest BCUT2D eigenvalue weighted by atomic mass is 10.0. The largest absolute Gasteiger partial charge is 0.471 e. The molecule has 2 amide bonds. The molecule has 0 aliphatic carbocycles. The predicted octanol–water partition coefficient (Wildman–Crippen LogP) is 3.74. The Bertz CT molecular complexity index is 710. The highest BCUT2D eigenvalue weighted by Gasteiger charge is 2.43. The molecule has 1 aliphatic rings. The summed E-state index contributed by atoms with van der Waals surface area (Å²) in [6.45, 7) is -0.482. The highest BCUT2D eigenvalue weighted by atomic mass is 35.5. The summed E-state index contributed by atoms with van der Waals surface area (Å²) in [5.74, 6) is -2.60. The average molecular weight is 399 g/mol. The highest BCUT2D eigenvalue weighted by molar-refractivity contribution is 8.13. The monoisotopic (exact) mass is 398 g/mol. The van der Waals surface area contributed by atoms with Crippen LogP contribution in [-0.2, 0) is 17.6 Å². The summed E-state index contributed by atoms with van der Waals surface area (Å²) < 4.78 is 52.2. The Morgan fingerprint density at radius 1 is 1.20 bits per heavy atom. The second-order valence-corrected chi connectivity index (χ2v) is 7.05. The van der Waals surface area contributed by atoms with Crippen molar-refractivity contribution in [3.63, 3.8) is 0 Å². The first-order chi connectivity index (χ1) is 11.5. The molecule has 0 bridgehead atoms. The van der Waals surface area contributed by atoms with Crippen LogP contribution in [0.2, 0.25) is 5.02 Å². The van der Waals surface area contributed by atoms with Gasteiger partial charge in [-0.15, -0.1) is 0 Å². The van der Waals surface area contributed by atoms with Crippen molar-refractivity contribution in [2.45, 2.75) is 23.9 Å². The first-order valence-corrected chi connectivity index (χ1v) is 8.46. The zero-order valence-electron chi connectivity index (χ0n) is 13.4. The summed E-state index contributed by atoms with van der Waals surface area (Å²) in [5.41, 5.74) is 0.568. The van der Waals surface area contributed by atoms with E-state index in [1.54, 1.807) is 0 Å². The van der Waals surface area contributed by atoms with Crippen LogP contribution in [0.5, 0.6) is 0 Å². The Morgan fingerprint density at radius 2 is 1.76 bits per heavy atom. The molecule has 25 heavy (non-hydrogen) atoms. The Kier molecular flexibility index (Phi) is 5.88. The number of halogens is 5. The molecule has 0 radical (unpaired) electrons. The van der Waals surface area contributed by atoms with Gasteiger partial charge >= 0.3 is 12.1 Å². The van der Waals surface area contributed by atoms with Gasteiger partial charge in [0, 0.05) is 32.1 Å². The third-order valence-electron chi connectivity index (χ3n) is 3.74. The van der Waals surface area contributed by atoms with Gasteiger partial charge in [0.2, 0.25) is 0 Å². The molecule has 10 heteroatoms. The molecule has 1 heterocycles. The molecule has 0 saturated carbocycles. The van der Waals surface area contributed by atoms with Crippen LogP contribution < -0.4 is 0 Å². The van der Waals surface area contributed by atoms with Crippen molar-refractivity contribution in [2.24, 2.45) is 0 Å². The zero-order valence-corrected chi connectivity index (χ0v) is 15.0. The molecule has 138 valence electrons. The molecule has 1 aromatic carbocycles. The molecule has 1 aromatic rings. The molecule has 0 fully saturated rings. The van der Waals surface area contributed by atoms with Gasteiger partial charge < -0.3 is 9.80 Å². The number of carbonyl (C=O) groups excluding carboxylic acids is 2. The minimum atomic E-state index is -4.98. The number of carbonyl (C=O) groups is 2. The number of nitrogens with zero attached hydrogens (tertiary/aromatic N) is 2. The topological polar surface area (TPSA) is 40.6 Å². The maximum Gasteiger partial charge on any atom is 0.471 e. The van der Waals surface area contributed by atoms with Crippen molar-refractivity contribution >= 4 is 34.5 Å². The van der Waals surface area contributed by atoms with Crippen LogP contribution in [0.1, 0.15) is 11.1 Å². The van der Waals surface area contributed by atoms with Crippen LogP contribution in [0.3, 0.4) is 0 Å². The highest BCUT2D eigenvalue weighted by Crippen LogP contribution is 2.37. The summed E-state index contributed by atoms with van der Waals surface area (Å²) >= 11 is 6.84. The van der Waals surface area contributed by atoms with Crippen LogP contribution in [0.15, 0.2) is 11.0 Å². The number of amides is 2. The van der Waals surface area contributed by atoms with Crippen LogP contribution in [0, 0.1) is 5.82 Å². The fraction of sp³-hybridized carbons (Fsp3) is 0.467. The van der Waals surface area contributed by atoms with Crippen molar-refractivity contribution in [3.8, 4) is 0 Å². The van der Waals surface area contributed by atoms with Gasteiger partial charge in [0.15, 0.2) is 0 Å². The van der Waals surface area contributed by atoms with Gasteiger partial charge in [0.05, 0.1) is 5.02 Å². The summed E-state index contributed by atoms with van der Waals surface area (Å²) in [6.07, 6.45) is -5.08. The second-order valence-electron chi connectivity index (χ2n) is 5.68. The molecular weight excluding hydrogens is 384 g/mol. The second kappa shape index (κ2) is 7.41. The van der Waals surface area contributed by atoms with E-state index in [-0.39, 0.29) is 41.8 Å². The first-order valence-electron chi connectivity index (χ1n) is 7.27. The Hall–Kier alpha value is -1.48. The van der Waals surface area contributed by atoms with E-state index in [4.69, 9.17) is 11.6 Å². The van der Waals surface area contributed by atoms with Gasteiger partial charge in [-0.1, -0.05) is 11.6 Å². The minimum absolute atomic E-state index is 0.0162. The van der Waals surface area contributed by atoms with Crippen molar-refractivity contribution in [3.05, 3.63) is 28.0 Å². The molecule has 2 rings (SSSR count). The van der Waals surface area contributed by atoms with Crippen molar-refractivity contribution in [1.82, 2.24) is 9.80 Å². The SMILES string of the molecule is CN(C)C(=O)Sc1c(Cl)cc(F)c2c1CCN(C(=O)C(F)(F)F)CC2. The quantitative estimate of drug-likeness (QED) is 0.534. The molecular formula is C15H15ClF4N2O2S. The van der Waals surface area contributed by atoms with Gasteiger partial charge in [-0.25, -0.2) is 4.39 Å². The Balaban J connectivity index is 2.37. The number of fused-ring (bicyclic) bond motifs is 1. The smallest absolute Gasteiger partial charge is 0.339 e. The van der Waals surface area contributed by atoms with E-state index in [9.17, 15) is 27.2 Å². The lowest BCUT2D eigenvalue weighted by molar-refractivity contribution is -0.185. The lowest BCUT2D eigenvalue weighted by Crippen LogP contribution is -2.42.